The standard InChI is InChI=1S/C17H18ClNO/c1-11(2)13-6-8-15(9-7-13)19-17(20)14-5-4-12(3)16(18)10-14/h4-11H,1-3H3,(H,19,20). The topological polar surface area (TPSA) is 29.1 Å². The molecular formula is C17H18ClNO. The highest BCUT2D eigenvalue weighted by molar-refractivity contribution is 6.31. The van der Waals surface area contributed by atoms with E-state index in [1.54, 1.807) is 12.1 Å². The monoisotopic (exact) mass is 287 g/mol. The summed E-state index contributed by atoms with van der Waals surface area (Å²) in [5.74, 6) is 0.333. The fourth-order valence-corrected chi connectivity index (χ4v) is 2.07. The number of nitrogens with one attached hydrogen (secondary N) is 1. The number of benzene rings is 2. The minimum atomic E-state index is -0.149. The van der Waals surface area contributed by atoms with Gasteiger partial charge in [0.1, 0.15) is 0 Å². The first-order valence-corrected chi connectivity index (χ1v) is 7.02. The minimum absolute atomic E-state index is 0.149. The van der Waals surface area contributed by atoms with Crippen LogP contribution in [0.1, 0.15) is 41.3 Å². The first-order valence-electron chi connectivity index (χ1n) is 6.65. The molecule has 2 rings (SSSR count). The van der Waals surface area contributed by atoms with E-state index in [0.717, 1.165) is 11.3 Å². The summed E-state index contributed by atoms with van der Waals surface area (Å²) >= 11 is 6.04. The normalized spacial score (nSPS) is 10.7. The Bertz CT molecular complexity index is 617. The average molecular weight is 288 g/mol. The Labute approximate surface area is 124 Å². The van der Waals surface area contributed by atoms with E-state index in [9.17, 15) is 4.79 Å². The highest BCUT2D eigenvalue weighted by Gasteiger charge is 2.08. The van der Waals surface area contributed by atoms with Crippen LogP contribution < -0.4 is 5.32 Å². The molecule has 0 heterocycles. The molecule has 0 bridgehead atoms. The summed E-state index contributed by atoms with van der Waals surface area (Å²) in [5.41, 5.74) is 3.57. The summed E-state index contributed by atoms with van der Waals surface area (Å²) in [4.78, 5) is 12.1. The highest BCUT2D eigenvalue weighted by Crippen LogP contribution is 2.20. The Kier molecular flexibility index (Phi) is 4.46. The molecule has 2 aromatic rings. The van der Waals surface area contributed by atoms with E-state index in [2.05, 4.69) is 19.2 Å². The second-order valence-electron chi connectivity index (χ2n) is 5.19. The van der Waals surface area contributed by atoms with Crippen molar-refractivity contribution < 1.29 is 4.79 Å². The van der Waals surface area contributed by atoms with Crippen molar-refractivity contribution in [2.24, 2.45) is 0 Å². The zero-order valence-electron chi connectivity index (χ0n) is 11.9. The van der Waals surface area contributed by atoms with Gasteiger partial charge in [0.05, 0.1) is 0 Å². The third kappa shape index (κ3) is 3.40. The molecule has 0 aromatic heterocycles. The van der Waals surface area contributed by atoms with E-state index in [0.29, 0.717) is 16.5 Å². The number of hydrogen-bond acceptors (Lipinski definition) is 1. The molecule has 0 saturated heterocycles. The molecule has 2 aromatic carbocycles. The maximum Gasteiger partial charge on any atom is 0.255 e. The van der Waals surface area contributed by atoms with Crippen molar-refractivity contribution in [1.82, 2.24) is 0 Å². The fraction of sp³-hybridized carbons (Fsp3) is 0.235. The molecule has 0 fully saturated rings. The fourth-order valence-electron chi connectivity index (χ4n) is 1.89. The van der Waals surface area contributed by atoms with Crippen LogP contribution in [0.3, 0.4) is 0 Å². The van der Waals surface area contributed by atoms with Crippen LogP contribution in [0.25, 0.3) is 0 Å². The highest BCUT2D eigenvalue weighted by atomic mass is 35.5. The maximum absolute atomic E-state index is 12.1. The second kappa shape index (κ2) is 6.10. The van der Waals surface area contributed by atoms with Crippen molar-refractivity contribution in [2.45, 2.75) is 26.7 Å². The molecule has 0 spiro atoms. The van der Waals surface area contributed by atoms with Gasteiger partial charge in [-0.15, -0.1) is 0 Å². The van der Waals surface area contributed by atoms with Crippen molar-refractivity contribution in [1.29, 1.82) is 0 Å². The molecule has 3 heteroatoms. The van der Waals surface area contributed by atoms with Gasteiger partial charge in [0.15, 0.2) is 0 Å². The van der Waals surface area contributed by atoms with Crippen LogP contribution in [0.15, 0.2) is 42.5 Å². The Morgan fingerprint density at radius 2 is 1.75 bits per heavy atom. The van der Waals surface area contributed by atoms with E-state index < -0.39 is 0 Å². The molecule has 1 amide bonds. The predicted octanol–water partition coefficient (Wildman–Crippen LogP) is 5.02. The molecular weight excluding hydrogens is 270 g/mol. The van der Waals surface area contributed by atoms with Crippen LogP contribution in [-0.4, -0.2) is 5.91 Å². The average Bonchev–Trinajstić information content (AvgIpc) is 2.42. The number of carbonyl (C=O) groups is 1. The summed E-state index contributed by atoms with van der Waals surface area (Å²) in [7, 11) is 0. The Balaban J connectivity index is 2.12. The lowest BCUT2D eigenvalue weighted by Gasteiger charge is -2.09. The number of anilines is 1. The van der Waals surface area contributed by atoms with E-state index in [4.69, 9.17) is 11.6 Å². The van der Waals surface area contributed by atoms with Gasteiger partial charge in [0.2, 0.25) is 0 Å². The van der Waals surface area contributed by atoms with E-state index >= 15 is 0 Å². The number of halogens is 1. The van der Waals surface area contributed by atoms with Gasteiger partial charge in [-0.2, -0.15) is 0 Å². The predicted molar refractivity (Wildman–Crippen MR) is 84.7 cm³/mol. The zero-order chi connectivity index (χ0) is 14.7. The third-order valence-electron chi connectivity index (χ3n) is 3.27. The van der Waals surface area contributed by atoms with Crippen LogP contribution in [0.4, 0.5) is 5.69 Å². The summed E-state index contributed by atoms with van der Waals surface area (Å²) in [6.45, 7) is 6.19. The Hall–Kier alpha value is -1.80. The van der Waals surface area contributed by atoms with Crippen molar-refractivity contribution >= 4 is 23.2 Å². The smallest absolute Gasteiger partial charge is 0.255 e. The lowest BCUT2D eigenvalue weighted by Crippen LogP contribution is -2.11. The first-order chi connectivity index (χ1) is 9.47. The quantitative estimate of drug-likeness (QED) is 0.843. The number of hydrogen-bond donors (Lipinski definition) is 1. The molecule has 104 valence electrons. The van der Waals surface area contributed by atoms with Crippen LogP contribution in [0.5, 0.6) is 0 Å². The summed E-state index contributed by atoms with van der Waals surface area (Å²) < 4.78 is 0. The first kappa shape index (κ1) is 14.6. The van der Waals surface area contributed by atoms with Crippen molar-refractivity contribution in [3.63, 3.8) is 0 Å². The van der Waals surface area contributed by atoms with Gasteiger partial charge in [0, 0.05) is 16.3 Å². The zero-order valence-corrected chi connectivity index (χ0v) is 12.7. The molecule has 2 nitrogen and oxygen atoms in total. The van der Waals surface area contributed by atoms with E-state index in [1.807, 2.05) is 37.3 Å². The van der Waals surface area contributed by atoms with Gasteiger partial charge in [0.25, 0.3) is 5.91 Å². The minimum Gasteiger partial charge on any atom is -0.322 e. The Morgan fingerprint density at radius 3 is 2.30 bits per heavy atom. The second-order valence-corrected chi connectivity index (χ2v) is 5.60. The van der Waals surface area contributed by atoms with Crippen molar-refractivity contribution in [3.8, 4) is 0 Å². The lowest BCUT2D eigenvalue weighted by molar-refractivity contribution is 0.102. The molecule has 0 aliphatic rings. The molecule has 0 saturated carbocycles. The van der Waals surface area contributed by atoms with Gasteiger partial charge >= 0.3 is 0 Å². The summed E-state index contributed by atoms with van der Waals surface area (Å²) in [5, 5.41) is 3.48. The number of amides is 1. The number of aryl methyl sites for hydroxylation is 1. The van der Waals surface area contributed by atoms with Gasteiger partial charge in [-0.1, -0.05) is 43.6 Å². The van der Waals surface area contributed by atoms with E-state index in [1.165, 1.54) is 5.56 Å². The summed E-state index contributed by atoms with van der Waals surface area (Å²) in [6, 6.07) is 13.2. The van der Waals surface area contributed by atoms with Crippen LogP contribution in [-0.2, 0) is 0 Å². The van der Waals surface area contributed by atoms with Crippen LogP contribution >= 0.6 is 11.6 Å². The maximum atomic E-state index is 12.1. The number of rotatable bonds is 3. The third-order valence-corrected chi connectivity index (χ3v) is 3.68. The molecule has 20 heavy (non-hydrogen) atoms. The molecule has 1 N–H and O–H groups in total. The molecule has 0 aliphatic heterocycles. The lowest BCUT2D eigenvalue weighted by atomic mass is 10.0. The Morgan fingerprint density at radius 1 is 1.10 bits per heavy atom. The number of carbonyl (C=O) groups excluding carboxylic acids is 1. The van der Waals surface area contributed by atoms with Crippen LogP contribution in [0.2, 0.25) is 5.02 Å². The van der Waals surface area contributed by atoms with Crippen molar-refractivity contribution in [3.05, 3.63) is 64.2 Å². The van der Waals surface area contributed by atoms with Crippen molar-refractivity contribution in [2.75, 3.05) is 5.32 Å². The molecule has 0 atom stereocenters. The van der Waals surface area contributed by atoms with Gasteiger partial charge in [-0.05, 0) is 48.2 Å². The molecule has 0 aliphatic carbocycles. The van der Waals surface area contributed by atoms with Gasteiger partial charge < -0.3 is 5.32 Å². The largest absolute Gasteiger partial charge is 0.322 e. The van der Waals surface area contributed by atoms with Crippen LogP contribution in [0, 0.1) is 6.92 Å². The van der Waals surface area contributed by atoms with Gasteiger partial charge in [-0.25, -0.2) is 0 Å². The SMILES string of the molecule is Cc1ccc(C(=O)Nc2ccc(C(C)C)cc2)cc1Cl. The molecule has 0 unspecified atom stereocenters. The molecule has 0 radical (unpaired) electrons. The van der Waals surface area contributed by atoms with Gasteiger partial charge in [-0.3, -0.25) is 4.79 Å². The van der Waals surface area contributed by atoms with E-state index in [-0.39, 0.29) is 5.91 Å². The summed E-state index contributed by atoms with van der Waals surface area (Å²) in [6.07, 6.45) is 0.